The fraction of sp³-hybridized carbons (Fsp3) is 0.462. The summed E-state index contributed by atoms with van der Waals surface area (Å²) in [6, 6.07) is 8.18. The van der Waals surface area contributed by atoms with Gasteiger partial charge in [-0.2, -0.15) is 0 Å². The number of amidine groups is 1. The van der Waals surface area contributed by atoms with Crippen LogP contribution in [0, 0.1) is 0 Å². The van der Waals surface area contributed by atoms with E-state index in [1.54, 1.807) is 0 Å². The van der Waals surface area contributed by atoms with Gasteiger partial charge in [-0.1, -0.05) is 47.6 Å². The Balaban J connectivity index is 2.11. The van der Waals surface area contributed by atoms with Crippen LogP contribution in [0.1, 0.15) is 26.7 Å². The van der Waals surface area contributed by atoms with Crippen LogP contribution in [0.5, 0.6) is 0 Å². The molecule has 0 aromatic heterocycles. The maximum absolute atomic E-state index is 4.83. The standard InChI is InChI=1S/C13H17BrN2S/c1-3-13(4-2)9-17-12(16-13)15-11-7-5-6-10(14)8-11/h5-8H,3-4,9H2,1-2H3,(H,15,16). The van der Waals surface area contributed by atoms with Gasteiger partial charge in [-0.25, -0.2) is 0 Å². The van der Waals surface area contributed by atoms with Gasteiger partial charge in [-0.05, 0) is 31.0 Å². The normalized spacial score (nSPS) is 17.9. The van der Waals surface area contributed by atoms with Gasteiger partial charge in [0.1, 0.15) is 0 Å². The van der Waals surface area contributed by atoms with Crippen LogP contribution in [0.15, 0.2) is 33.7 Å². The van der Waals surface area contributed by atoms with Gasteiger partial charge in [-0.3, -0.25) is 4.99 Å². The zero-order valence-corrected chi connectivity index (χ0v) is 12.6. The van der Waals surface area contributed by atoms with Crippen molar-refractivity contribution in [1.29, 1.82) is 0 Å². The van der Waals surface area contributed by atoms with Crippen LogP contribution in [-0.2, 0) is 0 Å². The van der Waals surface area contributed by atoms with E-state index in [4.69, 9.17) is 4.99 Å². The molecule has 0 amide bonds. The van der Waals surface area contributed by atoms with Crippen LogP contribution < -0.4 is 5.32 Å². The molecule has 1 heterocycles. The fourth-order valence-corrected chi connectivity index (χ4v) is 3.57. The number of anilines is 1. The summed E-state index contributed by atoms with van der Waals surface area (Å²) in [6.07, 6.45) is 2.22. The molecule has 92 valence electrons. The maximum atomic E-state index is 4.83. The van der Waals surface area contributed by atoms with Crippen molar-refractivity contribution >= 4 is 38.5 Å². The molecule has 1 N–H and O–H groups in total. The number of halogens is 1. The molecule has 17 heavy (non-hydrogen) atoms. The van der Waals surface area contributed by atoms with Gasteiger partial charge in [-0.15, -0.1) is 0 Å². The minimum absolute atomic E-state index is 0.152. The summed E-state index contributed by atoms with van der Waals surface area (Å²) in [4.78, 5) is 4.83. The zero-order valence-electron chi connectivity index (χ0n) is 10.2. The molecule has 0 aliphatic carbocycles. The first-order valence-electron chi connectivity index (χ1n) is 5.93. The third kappa shape index (κ3) is 3.05. The third-order valence-electron chi connectivity index (χ3n) is 3.21. The van der Waals surface area contributed by atoms with E-state index in [1.807, 2.05) is 23.9 Å². The van der Waals surface area contributed by atoms with E-state index in [9.17, 15) is 0 Å². The van der Waals surface area contributed by atoms with Crippen molar-refractivity contribution in [2.24, 2.45) is 4.99 Å². The number of benzene rings is 1. The molecule has 2 rings (SSSR count). The molecule has 1 aliphatic rings. The number of nitrogens with one attached hydrogen (secondary N) is 1. The van der Waals surface area contributed by atoms with Crippen LogP contribution in [0.25, 0.3) is 0 Å². The van der Waals surface area contributed by atoms with Gasteiger partial charge in [0.15, 0.2) is 5.17 Å². The average Bonchev–Trinajstić information content (AvgIpc) is 2.73. The van der Waals surface area contributed by atoms with Gasteiger partial charge < -0.3 is 5.32 Å². The van der Waals surface area contributed by atoms with Gasteiger partial charge in [0.2, 0.25) is 0 Å². The highest BCUT2D eigenvalue weighted by atomic mass is 79.9. The summed E-state index contributed by atoms with van der Waals surface area (Å²) in [5.74, 6) is 1.09. The van der Waals surface area contributed by atoms with Gasteiger partial charge >= 0.3 is 0 Å². The number of nitrogens with zero attached hydrogens (tertiary/aromatic N) is 1. The van der Waals surface area contributed by atoms with E-state index in [2.05, 4.69) is 47.2 Å². The van der Waals surface area contributed by atoms with Crippen molar-refractivity contribution in [3.05, 3.63) is 28.7 Å². The first-order chi connectivity index (χ1) is 8.17. The zero-order chi connectivity index (χ0) is 12.3. The maximum Gasteiger partial charge on any atom is 0.161 e. The monoisotopic (exact) mass is 312 g/mol. The lowest BCUT2D eigenvalue weighted by molar-refractivity contribution is 0.456. The number of hydrogen-bond acceptors (Lipinski definition) is 3. The highest BCUT2D eigenvalue weighted by Crippen LogP contribution is 2.33. The molecule has 0 bridgehead atoms. The second-order valence-electron chi connectivity index (χ2n) is 4.27. The topological polar surface area (TPSA) is 24.4 Å². The highest BCUT2D eigenvalue weighted by Gasteiger charge is 2.31. The number of aliphatic imine (C=N–C) groups is 1. The van der Waals surface area contributed by atoms with Crippen molar-refractivity contribution in [2.75, 3.05) is 11.1 Å². The Labute approximate surface area is 115 Å². The Bertz CT molecular complexity index is 427. The second kappa shape index (κ2) is 5.44. The molecular weight excluding hydrogens is 296 g/mol. The van der Waals surface area contributed by atoms with Crippen LogP contribution in [0.3, 0.4) is 0 Å². The minimum Gasteiger partial charge on any atom is -0.335 e. The summed E-state index contributed by atoms with van der Waals surface area (Å²) in [5, 5.41) is 4.44. The second-order valence-corrected chi connectivity index (χ2v) is 6.15. The van der Waals surface area contributed by atoms with E-state index in [0.717, 1.165) is 33.9 Å². The van der Waals surface area contributed by atoms with E-state index in [1.165, 1.54) is 0 Å². The summed E-state index contributed by atoms with van der Waals surface area (Å²) in [7, 11) is 0. The molecule has 0 radical (unpaired) electrons. The van der Waals surface area contributed by atoms with E-state index in [0.29, 0.717) is 0 Å². The molecule has 1 aromatic rings. The largest absolute Gasteiger partial charge is 0.335 e. The van der Waals surface area contributed by atoms with Crippen molar-refractivity contribution in [3.63, 3.8) is 0 Å². The summed E-state index contributed by atoms with van der Waals surface area (Å²) in [5.41, 5.74) is 1.24. The van der Waals surface area contributed by atoms with Gasteiger partial charge in [0.25, 0.3) is 0 Å². The number of rotatable bonds is 3. The Kier molecular flexibility index (Phi) is 4.15. The molecule has 0 spiro atoms. The molecule has 4 heteroatoms. The van der Waals surface area contributed by atoms with E-state index in [-0.39, 0.29) is 5.54 Å². The van der Waals surface area contributed by atoms with Gasteiger partial charge in [0, 0.05) is 15.9 Å². The molecule has 1 aliphatic heterocycles. The predicted octanol–water partition coefficient (Wildman–Crippen LogP) is 4.52. The molecule has 0 saturated carbocycles. The highest BCUT2D eigenvalue weighted by molar-refractivity contribution is 9.10. The third-order valence-corrected chi connectivity index (χ3v) is 4.85. The van der Waals surface area contributed by atoms with Crippen molar-refractivity contribution in [1.82, 2.24) is 0 Å². The lowest BCUT2D eigenvalue weighted by Crippen LogP contribution is -2.24. The summed E-state index contributed by atoms with van der Waals surface area (Å²) >= 11 is 5.30. The molecular formula is C13H17BrN2S. The van der Waals surface area contributed by atoms with E-state index >= 15 is 0 Å². The molecule has 1 aromatic carbocycles. The lowest BCUT2D eigenvalue weighted by atomic mass is 9.97. The Morgan fingerprint density at radius 2 is 2.18 bits per heavy atom. The Hall–Kier alpha value is -0.480. The number of thioether (sulfide) groups is 1. The number of hydrogen-bond donors (Lipinski definition) is 1. The van der Waals surface area contributed by atoms with Crippen LogP contribution in [0.4, 0.5) is 5.69 Å². The van der Waals surface area contributed by atoms with Crippen molar-refractivity contribution in [2.45, 2.75) is 32.2 Å². The van der Waals surface area contributed by atoms with Crippen LogP contribution >= 0.6 is 27.7 Å². The van der Waals surface area contributed by atoms with Crippen LogP contribution in [0.2, 0.25) is 0 Å². The van der Waals surface area contributed by atoms with Crippen molar-refractivity contribution in [3.8, 4) is 0 Å². The fourth-order valence-electron chi connectivity index (χ4n) is 1.85. The first-order valence-corrected chi connectivity index (χ1v) is 7.70. The molecule has 2 nitrogen and oxygen atoms in total. The smallest absolute Gasteiger partial charge is 0.161 e. The molecule has 0 fully saturated rings. The molecule has 0 unspecified atom stereocenters. The SMILES string of the molecule is CCC1(CC)CSC(Nc2cccc(Br)c2)=N1. The summed E-state index contributed by atoms with van der Waals surface area (Å²) in [6.45, 7) is 4.44. The van der Waals surface area contributed by atoms with E-state index < -0.39 is 0 Å². The Morgan fingerprint density at radius 3 is 2.76 bits per heavy atom. The Morgan fingerprint density at radius 1 is 1.41 bits per heavy atom. The van der Waals surface area contributed by atoms with Gasteiger partial charge in [0.05, 0.1) is 5.54 Å². The molecule has 0 saturated heterocycles. The lowest BCUT2D eigenvalue weighted by Gasteiger charge is -2.20. The minimum atomic E-state index is 0.152. The first kappa shape index (κ1) is 13.0. The van der Waals surface area contributed by atoms with Crippen molar-refractivity contribution < 1.29 is 0 Å². The quantitative estimate of drug-likeness (QED) is 0.887. The van der Waals surface area contributed by atoms with Crippen LogP contribution in [-0.4, -0.2) is 16.5 Å². The average molecular weight is 313 g/mol. The molecule has 0 atom stereocenters. The predicted molar refractivity (Wildman–Crippen MR) is 81.0 cm³/mol. The summed E-state index contributed by atoms with van der Waals surface area (Å²) < 4.78 is 1.09.